The third-order valence-corrected chi connectivity index (χ3v) is 8.03. The van der Waals surface area contributed by atoms with Gasteiger partial charge in [0.25, 0.3) is 5.91 Å². The Morgan fingerprint density at radius 1 is 1.00 bits per heavy atom. The molecule has 2 aliphatic rings. The summed E-state index contributed by atoms with van der Waals surface area (Å²) in [6.45, 7) is 3.51. The third-order valence-electron chi connectivity index (χ3n) is 6.49. The number of nitrogens with one attached hydrogen (secondary N) is 2. The molecule has 2 aromatic carbocycles. The zero-order chi connectivity index (χ0) is 23.4. The maximum Gasteiger partial charge on any atom is 0.255 e. The maximum atomic E-state index is 13.1. The van der Waals surface area contributed by atoms with Crippen LogP contribution in [0.25, 0.3) is 0 Å². The first kappa shape index (κ1) is 23.4. The summed E-state index contributed by atoms with van der Waals surface area (Å²) in [7, 11) is -3.68. The number of amides is 2. The Kier molecular flexibility index (Phi) is 7.14. The Balaban J connectivity index is 1.49. The minimum atomic E-state index is -3.68. The summed E-state index contributed by atoms with van der Waals surface area (Å²) < 4.78 is 28.9. The standard InChI is InChI=1S/C25H31N3O4S/c1-18-8-2-3-9-19(18)25(30)27-22-13-14-23(21-11-5-4-10-20(21)22)33(31,32)26-15-7-17-28-16-6-12-24(28)29/h2-3,8-9,13-14,26H,4-7,10-12,15-17H2,1H3,(H,27,30). The molecule has 1 saturated heterocycles. The first-order valence-electron chi connectivity index (χ1n) is 11.7. The van der Waals surface area contributed by atoms with Gasteiger partial charge in [0.05, 0.1) is 4.90 Å². The molecule has 0 spiro atoms. The molecule has 4 rings (SSSR count). The highest BCUT2D eigenvalue weighted by atomic mass is 32.2. The predicted octanol–water partition coefficient (Wildman–Crippen LogP) is 3.42. The molecule has 0 bridgehead atoms. The highest BCUT2D eigenvalue weighted by molar-refractivity contribution is 7.89. The number of hydrogen-bond donors (Lipinski definition) is 2. The van der Waals surface area contributed by atoms with Crippen LogP contribution >= 0.6 is 0 Å². The molecule has 1 fully saturated rings. The van der Waals surface area contributed by atoms with E-state index in [1.807, 2.05) is 25.1 Å². The molecule has 0 radical (unpaired) electrons. The van der Waals surface area contributed by atoms with Gasteiger partial charge in [0.1, 0.15) is 0 Å². The summed E-state index contributed by atoms with van der Waals surface area (Å²) in [4.78, 5) is 26.7. The molecular formula is C25H31N3O4S. The average molecular weight is 470 g/mol. The molecule has 7 nitrogen and oxygen atoms in total. The van der Waals surface area contributed by atoms with Crippen molar-refractivity contribution < 1.29 is 18.0 Å². The van der Waals surface area contributed by atoms with Gasteiger partial charge in [-0.05, 0) is 80.3 Å². The predicted molar refractivity (Wildman–Crippen MR) is 128 cm³/mol. The van der Waals surface area contributed by atoms with Crippen molar-refractivity contribution in [1.29, 1.82) is 0 Å². The molecule has 0 saturated carbocycles. The Morgan fingerprint density at radius 2 is 1.76 bits per heavy atom. The van der Waals surface area contributed by atoms with Crippen LogP contribution in [0.15, 0.2) is 41.3 Å². The Labute approximate surface area is 195 Å². The number of sulfonamides is 1. The summed E-state index contributed by atoms with van der Waals surface area (Å²) in [6.07, 6.45) is 5.33. The largest absolute Gasteiger partial charge is 0.343 e. The van der Waals surface area contributed by atoms with Crippen LogP contribution in [0.3, 0.4) is 0 Å². The lowest BCUT2D eigenvalue weighted by atomic mass is 9.90. The minimum Gasteiger partial charge on any atom is -0.343 e. The highest BCUT2D eigenvalue weighted by Gasteiger charge is 2.26. The smallest absolute Gasteiger partial charge is 0.255 e. The van der Waals surface area contributed by atoms with Gasteiger partial charge in [0.2, 0.25) is 15.9 Å². The number of carbonyl (C=O) groups excluding carboxylic acids is 2. The van der Waals surface area contributed by atoms with Crippen LogP contribution in [0.5, 0.6) is 0 Å². The molecular weight excluding hydrogens is 438 g/mol. The van der Waals surface area contributed by atoms with Crippen molar-refractivity contribution in [3.63, 3.8) is 0 Å². The zero-order valence-corrected chi connectivity index (χ0v) is 19.8. The Bertz CT molecular complexity index is 1160. The van der Waals surface area contributed by atoms with E-state index in [1.54, 1.807) is 23.1 Å². The lowest BCUT2D eigenvalue weighted by Gasteiger charge is -2.23. The molecule has 176 valence electrons. The quantitative estimate of drug-likeness (QED) is 0.579. The van der Waals surface area contributed by atoms with E-state index in [0.29, 0.717) is 42.0 Å². The molecule has 33 heavy (non-hydrogen) atoms. The molecule has 1 aliphatic carbocycles. The number of benzene rings is 2. The molecule has 2 N–H and O–H groups in total. The van der Waals surface area contributed by atoms with Crippen molar-refractivity contribution in [1.82, 2.24) is 9.62 Å². The number of fused-ring (bicyclic) bond motifs is 1. The van der Waals surface area contributed by atoms with Crippen LogP contribution in [-0.2, 0) is 27.7 Å². The summed E-state index contributed by atoms with van der Waals surface area (Å²) in [5.41, 5.74) is 3.89. The third kappa shape index (κ3) is 5.28. The number of aryl methyl sites for hydroxylation is 1. The van der Waals surface area contributed by atoms with Crippen LogP contribution < -0.4 is 10.0 Å². The topological polar surface area (TPSA) is 95.6 Å². The van der Waals surface area contributed by atoms with Gasteiger partial charge in [-0.3, -0.25) is 9.59 Å². The molecule has 0 aromatic heterocycles. The van der Waals surface area contributed by atoms with Crippen LogP contribution in [0.4, 0.5) is 5.69 Å². The van der Waals surface area contributed by atoms with Gasteiger partial charge >= 0.3 is 0 Å². The van der Waals surface area contributed by atoms with Gasteiger partial charge in [-0.25, -0.2) is 13.1 Å². The molecule has 2 aromatic rings. The molecule has 0 atom stereocenters. The summed E-state index contributed by atoms with van der Waals surface area (Å²) in [6, 6.07) is 10.7. The van der Waals surface area contributed by atoms with Gasteiger partial charge in [-0.15, -0.1) is 0 Å². The van der Waals surface area contributed by atoms with E-state index in [2.05, 4.69) is 10.0 Å². The second kappa shape index (κ2) is 10.1. The fourth-order valence-corrected chi connectivity index (χ4v) is 6.08. The van der Waals surface area contributed by atoms with Gasteiger partial charge in [-0.1, -0.05) is 18.2 Å². The Morgan fingerprint density at radius 3 is 2.48 bits per heavy atom. The van der Waals surface area contributed by atoms with Crippen LogP contribution in [-0.4, -0.2) is 44.8 Å². The van der Waals surface area contributed by atoms with Crippen molar-refractivity contribution in [2.45, 2.75) is 56.8 Å². The number of carbonyl (C=O) groups is 2. The second-order valence-corrected chi connectivity index (χ2v) is 10.5. The number of nitrogens with zero attached hydrogens (tertiary/aromatic N) is 1. The average Bonchev–Trinajstić information content (AvgIpc) is 3.21. The highest BCUT2D eigenvalue weighted by Crippen LogP contribution is 2.33. The summed E-state index contributed by atoms with van der Waals surface area (Å²) >= 11 is 0. The number of rotatable bonds is 8. The summed E-state index contributed by atoms with van der Waals surface area (Å²) in [5.74, 6) is -0.0404. The van der Waals surface area contributed by atoms with E-state index in [0.717, 1.165) is 48.9 Å². The fraction of sp³-hybridized carbons (Fsp3) is 0.440. The van der Waals surface area contributed by atoms with Gasteiger partial charge in [-0.2, -0.15) is 0 Å². The van der Waals surface area contributed by atoms with E-state index in [-0.39, 0.29) is 18.4 Å². The molecule has 1 aliphatic heterocycles. The molecule has 2 amide bonds. The first-order valence-corrected chi connectivity index (χ1v) is 13.1. The van der Waals surface area contributed by atoms with E-state index in [1.165, 1.54) is 0 Å². The van der Waals surface area contributed by atoms with Crippen LogP contribution in [0.2, 0.25) is 0 Å². The van der Waals surface area contributed by atoms with Crippen LogP contribution in [0, 0.1) is 6.92 Å². The molecule has 8 heteroatoms. The van der Waals surface area contributed by atoms with E-state index in [4.69, 9.17) is 0 Å². The van der Waals surface area contributed by atoms with Gasteiger partial charge < -0.3 is 10.2 Å². The normalized spacial score (nSPS) is 16.0. The molecule has 0 unspecified atom stereocenters. The summed E-state index contributed by atoms with van der Waals surface area (Å²) in [5, 5.41) is 3.00. The lowest BCUT2D eigenvalue weighted by molar-refractivity contribution is -0.127. The fourth-order valence-electron chi connectivity index (χ4n) is 4.72. The van der Waals surface area contributed by atoms with E-state index >= 15 is 0 Å². The van der Waals surface area contributed by atoms with Crippen LogP contribution in [0.1, 0.15) is 59.2 Å². The van der Waals surface area contributed by atoms with Gasteiger partial charge in [0.15, 0.2) is 0 Å². The van der Waals surface area contributed by atoms with Crippen molar-refractivity contribution in [3.8, 4) is 0 Å². The first-order chi connectivity index (χ1) is 15.9. The Hall–Kier alpha value is -2.71. The second-order valence-electron chi connectivity index (χ2n) is 8.78. The van der Waals surface area contributed by atoms with E-state index in [9.17, 15) is 18.0 Å². The monoisotopic (exact) mass is 469 g/mol. The number of hydrogen-bond acceptors (Lipinski definition) is 4. The zero-order valence-electron chi connectivity index (χ0n) is 19.0. The van der Waals surface area contributed by atoms with E-state index < -0.39 is 10.0 Å². The van der Waals surface area contributed by atoms with Crippen molar-refractivity contribution in [3.05, 3.63) is 58.7 Å². The minimum absolute atomic E-state index is 0.148. The maximum absolute atomic E-state index is 13.1. The number of likely N-dealkylation sites (tertiary alicyclic amines) is 1. The van der Waals surface area contributed by atoms with Crippen molar-refractivity contribution in [2.24, 2.45) is 0 Å². The van der Waals surface area contributed by atoms with Crippen molar-refractivity contribution >= 4 is 27.5 Å². The number of anilines is 1. The van der Waals surface area contributed by atoms with Crippen molar-refractivity contribution in [2.75, 3.05) is 25.0 Å². The van der Waals surface area contributed by atoms with Gasteiger partial charge in [0, 0.05) is 37.3 Å². The SMILES string of the molecule is Cc1ccccc1C(=O)Nc1ccc(S(=O)(=O)NCCCN2CCCC2=O)c2c1CCCC2. The lowest BCUT2D eigenvalue weighted by Crippen LogP contribution is -2.31. The molecule has 1 heterocycles.